The van der Waals surface area contributed by atoms with Crippen LogP contribution in [-0.2, 0) is 0 Å². The van der Waals surface area contributed by atoms with E-state index in [4.69, 9.17) is 5.11 Å². The molecular weight excluding hydrogens is 181 g/mol. The zero-order valence-corrected chi connectivity index (χ0v) is 8.50. The lowest BCUT2D eigenvalue weighted by atomic mass is 10.1. The van der Waals surface area contributed by atoms with E-state index in [0.29, 0.717) is 0 Å². The normalized spacial score (nSPS) is 15.1. The molecule has 0 aromatic heterocycles. The summed E-state index contributed by atoms with van der Waals surface area (Å²) in [7, 11) is 0. The molecule has 0 aliphatic rings. The minimum atomic E-state index is -0.229. The molecule has 1 rings (SSSR count). The van der Waals surface area contributed by atoms with Gasteiger partial charge in [-0.1, -0.05) is 12.1 Å². The van der Waals surface area contributed by atoms with Crippen LogP contribution >= 0.6 is 0 Å². The molecule has 2 nitrogen and oxygen atoms in total. The van der Waals surface area contributed by atoms with Crippen molar-refractivity contribution in [3.05, 3.63) is 35.6 Å². The second-order valence-corrected chi connectivity index (χ2v) is 3.53. The van der Waals surface area contributed by atoms with Gasteiger partial charge >= 0.3 is 0 Å². The SMILES string of the molecule is C[C@@H](CO)N[C@H](C)c1cccc(F)c1. The van der Waals surface area contributed by atoms with Crippen molar-refractivity contribution in [2.45, 2.75) is 25.9 Å². The van der Waals surface area contributed by atoms with Crippen LogP contribution in [0.25, 0.3) is 0 Å². The van der Waals surface area contributed by atoms with Crippen LogP contribution < -0.4 is 5.32 Å². The smallest absolute Gasteiger partial charge is 0.123 e. The Morgan fingerprint density at radius 1 is 1.43 bits per heavy atom. The van der Waals surface area contributed by atoms with Crippen LogP contribution in [0.15, 0.2) is 24.3 Å². The second-order valence-electron chi connectivity index (χ2n) is 3.53. The molecule has 2 N–H and O–H groups in total. The fraction of sp³-hybridized carbons (Fsp3) is 0.455. The summed E-state index contributed by atoms with van der Waals surface area (Å²) in [4.78, 5) is 0. The quantitative estimate of drug-likeness (QED) is 0.772. The number of halogens is 1. The van der Waals surface area contributed by atoms with Crippen molar-refractivity contribution >= 4 is 0 Å². The highest BCUT2D eigenvalue weighted by Crippen LogP contribution is 2.13. The predicted molar refractivity (Wildman–Crippen MR) is 54.5 cm³/mol. The van der Waals surface area contributed by atoms with E-state index < -0.39 is 0 Å². The molecule has 1 aromatic carbocycles. The third-order valence-corrected chi connectivity index (χ3v) is 2.16. The van der Waals surface area contributed by atoms with Gasteiger partial charge in [0.25, 0.3) is 0 Å². The maximum absolute atomic E-state index is 12.9. The summed E-state index contributed by atoms with van der Waals surface area (Å²) in [5.74, 6) is -0.229. The minimum Gasteiger partial charge on any atom is -0.395 e. The number of aliphatic hydroxyl groups excluding tert-OH is 1. The fourth-order valence-corrected chi connectivity index (χ4v) is 1.35. The molecule has 0 saturated carbocycles. The third-order valence-electron chi connectivity index (χ3n) is 2.16. The number of benzene rings is 1. The van der Waals surface area contributed by atoms with E-state index in [1.165, 1.54) is 12.1 Å². The fourth-order valence-electron chi connectivity index (χ4n) is 1.35. The first-order valence-electron chi connectivity index (χ1n) is 4.76. The number of nitrogens with one attached hydrogen (secondary N) is 1. The van der Waals surface area contributed by atoms with Gasteiger partial charge in [0.2, 0.25) is 0 Å². The lowest BCUT2D eigenvalue weighted by molar-refractivity contribution is 0.243. The molecule has 0 saturated heterocycles. The van der Waals surface area contributed by atoms with E-state index in [0.717, 1.165) is 5.56 Å². The molecule has 0 amide bonds. The lowest BCUT2D eigenvalue weighted by Gasteiger charge is -2.18. The van der Waals surface area contributed by atoms with Crippen molar-refractivity contribution < 1.29 is 9.50 Å². The summed E-state index contributed by atoms with van der Waals surface area (Å²) in [6, 6.07) is 6.55. The Kier molecular flexibility index (Phi) is 4.04. The first-order chi connectivity index (χ1) is 6.63. The Morgan fingerprint density at radius 3 is 2.71 bits per heavy atom. The summed E-state index contributed by atoms with van der Waals surface area (Å²) in [6.07, 6.45) is 0. The molecule has 14 heavy (non-hydrogen) atoms. The average Bonchev–Trinajstić information content (AvgIpc) is 2.17. The molecule has 0 heterocycles. The molecule has 2 atom stereocenters. The Hall–Kier alpha value is -0.930. The minimum absolute atomic E-state index is 0.0215. The van der Waals surface area contributed by atoms with Gasteiger partial charge in [0.15, 0.2) is 0 Å². The predicted octanol–water partition coefficient (Wildman–Crippen LogP) is 1.86. The molecular formula is C11H16FNO. The summed E-state index contributed by atoms with van der Waals surface area (Å²) in [5.41, 5.74) is 0.894. The Morgan fingerprint density at radius 2 is 2.14 bits per heavy atom. The Balaban J connectivity index is 2.64. The highest BCUT2D eigenvalue weighted by molar-refractivity contribution is 5.19. The largest absolute Gasteiger partial charge is 0.395 e. The van der Waals surface area contributed by atoms with Crippen LogP contribution in [0.1, 0.15) is 25.5 Å². The van der Waals surface area contributed by atoms with Gasteiger partial charge < -0.3 is 10.4 Å². The Bertz CT molecular complexity index is 290. The van der Waals surface area contributed by atoms with E-state index in [-0.39, 0.29) is 24.5 Å². The molecule has 0 aliphatic heterocycles. The zero-order valence-electron chi connectivity index (χ0n) is 8.50. The van der Waals surface area contributed by atoms with Crippen molar-refractivity contribution in [1.82, 2.24) is 5.32 Å². The van der Waals surface area contributed by atoms with Crippen molar-refractivity contribution in [2.24, 2.45) is 0 Å². The summed E-state index contributed by atoms with van der Waals surface area (Å²) >= 11 is 0. The standard InChI is InChI=1S/C11H16FNO/c1-8(7-14)13-9(2)10-4-3-5-11(12)6-10/h3-6,8-9,13-14H,7H2,1-2H3/t8-,9+/m0/s1. The summed E-state index contributed by atoms with van der Waals surface area (Å²) in [5, 5.41) is 12.0. The van der Waals surface area contributed by atoms with E-state index in [1.807, 2.05) is 19.9 Å². The maximum Gasteiger partial charge on any atom is 0.123 e. The van der Waals surface area contributed by atoms with Crippen LogP contribution in [0.3, 0.4) is 0 Å². The highest BCUT2D eigenvalue weighted by Gasteiger charge is 2.08. The summed E-state index contributed by atoms with van der Waals surface area (Å²) in [6.45, 7) is 3.91. The van der Waals surface area contributed by atoms with Gasteiger partial charge in [-0.05, 0) is 31.5 Å². The van der Waals surface area contributed by atoms with Crippen LogP contribution in [0.4, 0.5) is 4.39 Å². The highest BCUT2D eigenvalue weighted by atomic mass is 19.1. The molecule has 0 bridgehead atoms. The molecule has 0 fully saturated rings. The average molecular weight is 197 g/mol. The zero-order chi connectivity index (χ0) is 10.6. The van der Waals surface area contributed by atoms with Crippen LogP contribution in [0, 0.1) is 5.82 Å². The topological polar surface area (TPSA) is 32.3 Å². The number of hydrogen-bond acceptors (Lipinski definition) is 2. The first kappa shape index (κ1) is 11.1. The van der Waals surface area contributed by atoms with E-state index in [1.54, 1.807) is 6.07 Å². The number of hydrogen-bond donors (Lipinski definition) is 2. The van der Waals surface area contributed by atoms with Gasteiger partial charge in [-0.2, -0.15) is 0 Å². The third kappa shape index (κ3) is 3.09. The first-order valence-corrected chi connectivity index (χ1v) is 4.76. The van der Waals surface area contributed by atoms with E-state index >= 15 is 0 Å². The molecule has 3 heteroatoms. The molecule has 78 valence electrons. The van der Waals surface area contributed by atoms with Crippen LogP contribution in [0.5, 0.6) is 0 Å². The number of rotatable bonds is 4. The van der Waals surface area contributed by atoms with Gasteiger partial charge in [-0.15, -0.1) is 0 Å². The van der Waals surface area contributed by atoms with E-state index in [9.17, 15) is 4.39 Å². The molecule has 0 radical (unpaired) electrons. The van der Waals surface area contributed by atoms with Gasteiger partial charge in [-0.3, -0.25) is 0 Å². The van der Waals surface area contributed by atoms with Crippen molar-refractivity contribution in [2.75, 3.05) is 6.61 Å². The molecule has 0 unspecified atom stereocenters. The van der Waals surface area contributed by atoms with Gasteiger partial charge in [-0.25, -0.2) is 4.39 Å². The van der Waals surface area contributed by atoms with Crippen molar-refractivity contribution in [1.29, 1.82) is 0 Å². The van der Waals surface area contributed by atoms with Crippen LogP contribution in [-0.4, -0.2) is 17.8 Å². The maximum atomic E-state index is 12.9. The van der Waals surface area contributed by atoms with Crippen molar-refractivity contribution in [3.8, 4) is 0 Å². The lowest BCUT2D eigenvalue weighted by Crippen LogP contribution is -2.31. The van der Waals surface area contributed by atoms with E-state index in [2.05, 4.69) is 5.32 Å². The van der Waals surface area contributed by atoms with Gasteiger partial charge in [0.1, 0.15) is 5.82 Å². The monoisotopic (exact) mass is 197 g/mol. The Labute approximate surface area is 83.8 Å². The molecule has 0 aliphatic carbocycles. The second kappa shape index (κ2) is 5.08. The number of aliphatic hydroxyl groups is 1. The van der Waals surface area contributed by atoms with Gasteiger partial charge in [0, 0.05) is 12.1 Å². The van der Waals surface area contributed by atoms with Gasteiger partial charge in [0.05, 0.1) is 6.61 Å². The molecule has 1 aromatic rings. The van der Waals surface area contributed by atoms with Crippen LogP contribution in [0.2, 0.25) is 0 Å². The molecule has 0 spiro atoms. The summed E-state index contributed by atoms with van der Waals surface area (Å²) < 4.78 is 12.9. The van der Waals surface area contributed by atoms with Crippen molar-refractivity contribution in [3.63, 3.8) is 0 Å².